The quantitative estimate of drug-likeness (QED) is 0.518. The molecule has 5 rings (SSSR count). The molecule has 1 N–H and O–H groups in total. The van der Waals surface area contributed by atoms with Crippen molar-refractivity contribution in [3.8, 4) is 11.5 Å². The predicted molar refractivity (Wildman–Crippen MR) is 118 cm³/mol. The number of hydrogen-bond acceptors (Lipinski definition) is 3. The van der Waals surface area contributed by atoms with Crippen LogP contribution in [0.15, 0.2) is 83.8 Å². The van der Waals surface area contributed by atoms with Gasteiger partial charge in [-0.15, -0.1) is 0 Å². The molecule has 1 atom stereocenters. The SMILES string of the molecule is CC1Cc2cccc3c(=O)c(C(=O)Nc4ccccc4Oc4ccccc4)cn1c23. The molecule has 2 heterocycles. The zero-order chi connectivity index (χ0) is 20.7. The summed E-state index contributed by atoms with van der Waals surface area (Å²) >= 11 is 0. The Morgan fingerprint density at radius 2 is 1.77 bits per heavy atom. The second kappa shape index (κ2) is 7.19. The number of hydrogen-bond donors (Lipinski definition) is 1. The van der Waals surface area contributed by atoms with Gasteiger partial charge in [-0.3, -0.25) is 9.59 Å². The number of para-hydroxylation sites is 4. The molecule has 0 bridgehead atoms. The fourth-order valence-electron chi connectivity index (χ4n) is 4.04. The van der Waals surface area contributed by atoms with Crippen molar-refractivity contribution in [1.29, 1.82) is 0 Å². The molecule has 1 unspecified atom stereocenters. The molecule has 0 spiro atoms. The molecule has 5 heteroatoms. The fourth-order valence-corrected chi connectivity index (χ4v) is 4.04. The summed E-state index contributed by atoms with van der Waals surface area (Å²) in [6.07, 6.45) is 2.54. The molecular formula is C25H20N2O3. The maximum Gasteiger partial charge on any atom is 0.261 e. The van der Waals surface area contributed by atoms with Crippen LogP contribution in [-0.2, 0) is 6.42 Å². The van der Waals surface area contributed by atoms with Crippen molar-refractivity contribution in [2.45, 2.75) is 19.4 Å². The fraction of sp³-hybridized carbons (Fsp3) is 0.120. The topological polar surface area (TPSA) is 60.3 Å². The average Bonchev–Trinajstić information content (AvgIpc) is 3.08. The third-order valence-electron chi connectivity index (χ3n) is 5.48. The van der Waals surface area contributed by atoms with Crippen LogP contribution in [0.2, 0.25) is 0 Å². The number of carbonyl (C=O) groups excluding carboxylic acids is 1. The number of amides is 1. The molecule has 1 amide bonds. The maximum absolute atomic E-state index is 13.1. The molecule has 0 saturated carbocycles. The van der Waals surface area contributed by atoms with Crippen LogP contribution < -0.4 is 15.5 Å². The minimum absolute atomic E-state index is 0.128. The first-order valence-electron chi connectivity index (χ1n) is 9.92. The first-order valence-corrected chi connectivity index (χ1v) is 9.92. The van der Waals surface area contributed by atoms with Gasteiger partial charge in [0, 0.05) is 17.6 Å². The molecule has 0 aliphatic carbocycles. The number of carbonyl (C=O) groups is 1. The van der Waals surface area contributed by atoms with E-state index in [1.54, 1.807) is 24.4 Å². The van der Waals surface area contributed by atoms with Crippen LogP contribution in [0, 0.1) is 0 Å². The molecule has 0 saturated heterocycles. The number of benzene rings is 3. The van der Waals surface area contributed by atoms with E-state index in [1.807, 2.05) is 59.2 Å². The summed E-state index contributed by atoms with van der Waals surface area (Å²) < 4.78 is 7.95. The Balaban J connectivity index is 1.52. The van der Waals surface area contributed by atoms with E-state index in [4.69, 9.17) is 4.74 Å². The van der Waals surface area contributed by atoms with E-state index in [-0.39, 0.29) is 17.0 Å². The molecule has 30 heavy (non-hydrogen) atoms. The van der Waals surface area contributed by atoms with Crippen LogP contribution in [0.4, 0.5) is 5.69 Å². The van der Waals surface area contributed by atoms with Crippen LogP contribution >= 0.6 is 0 Å². The van der Waals surface area contributed by atoms with Gasteiger partial charge in [0.2, 0.25) is 5.43 Å². The molecule has 3 aromatic carbocycles. The van der Waals surface area contributed by atoms with Crippen LogP contribution in [0.25, 0.3) is 10.9 Å². The van der Waals surface area contributed by atoms with Gasteiger partial charge >= 0.3 is 0 Å². The molecule has 0 fully saturated rings. The van der Waals surface area contributed by atoms with E-state index in [9.17, 15) is 9.59 Å². The number of pyridine rings is 1. The van der Waals surface area contributed by atoms with Crippen molar-refractivity contribution in [3.63, 3.8) is 0 Å². The van der Waals surface area contributed by atoms with Gasteiger partial charge in [0.15, 0.2) is 5.75 Å². The van der Waals surface area contributed by atoms with E-state index in [1.165, 1.54) is 0 Å². The van der Waals surface area contributed by atoms with Gasteiger partial charge in [0.1, 0.15) is 11.3 Å². The van der Waals surface area contributed by atoms with Gasteiger partial charge < -0.3 is 14.6 Å². The summed E-state index contributed by atoms with van der Waals surface area (Å²) in [7, 11) is 0. The molecular weight excluding hydrogens is 376 g/mol. The highest BCUT2D eigenvalue weighted by Gasteiger charge is 2.24. The summed E-state index contributed by atoms with van der Waals surface area (Å²) in [5, 5.41) is 3.44. The van der Waals surface area contributed by atoms with E-state index >= 15 is 0 Å². The lowest BCUT2D eigenvalue weighted by molar-refractivity contribution is 0.102. The standard InChI is InChI=1S/C25H20N2O3/c1-16-14-17-8-7-11-19-23(17)27(16)15-20(24(19)28)25(29)26-21-12-5-6-13-22(21)30-18-9-3-2-4-10-18/h2-13,15-16H,14H2,1H3,(H,26,29). The Kier molecular flexibility index (Phi) is 4.36. The Morgan fingerprint density at radius 1 is 1.00 bits per heavy atom. The number of anilines is 1. The maximum atomic E-state index is 13.1. The zero-order valence-electron chi connectivity index (χ0n) is 16.5. The van der Waals surface area contributed by atoms with Gasteiger partial charge in [0.25, 0.3) is 5.91 Å². The highest BCUT2D eigenvalue weighted by atomic mass is 16.5. The normalized spacial score (nSPS) is 14.6. The molecule has 1 aliphatic rings. The summed E-state index contributed by atoms with van der Waals surface area (Å²) in [6.45, 7) is 2.09. The van der Waals surface area contributed by atoms with Crippen LogP contribution in [-0.4, -0.2) is 10.5 Å². The third kappa shape index (κ3) is 3.05. The van der Waals surface area contributed by atoms with Gasteiger partial charge in [-0.25, -0.2) is 0 Å². The van der Waals surface area contributed by atoms with E-state index < -0.39 is 5.91 Å². The molecule has 1 aromatic heterocycles. The third-order valence-corrected chi connectivity index (χ3v) is 5.48. The number of nitrogens with one attached hydrogen (secondary N) is 1. The van der Waals surface area contributed by atoms with E-state index in [2.05, 4.69) is 12.2 Å². The second-order valence-electron chi connectivity index (χ2n) is 7.51. The van der Waals surface area contributed by atoms with Gasteiger partial charge in [-0.1, -0.05) is 42.5 Å². The molecule has 0 radical (unpaired) electrons. The average molecular weight is 396 g/mol. The van der Waals surface area contributed by atoms with Crippen LogP contribution in [0.3, 0.4) is 0 Å². The minimum Gasteiger partial charge on any atom is -0.455 e. The largest absolute Gasteiger partial charge is 0.455 e. The Labute approximate surface area is 173 Å². The number of nitrogens with zero attached hydrogens (tertiary/aromatic N) is 1. The number of ether oxygens (including phenoxy) is 1. The Hall–Kier alpha value is -3.86. The van der Waals surface area contributed by atoms with Gasteiger partial charge in [0.05, 0.1) is 11.2 Å². The van der Waals surface area contributed by atoms with Crippen molar-refractivity contribution in [1.82, 2.24) is 4.57 Å². The summed E-state index contributed by atoms with van der Waals surface area (Å²) in [5.74, 6) is 0.733. The minimum atomic E-state index is -0.445. The van der Waals surface area contributed by atoms with Gasteiger partial charge in [-0.2, -0.15) is 0 Å². The second-order valence-corrected chi connectivity index (χ2v) is 7.51. The van der Waals surface area contributed by atoms with E-state index in [0.29, 0.717) is 22.6 Å². The lowest BCUT2D eigenvalue weighted by atomic mass is 10.1. The smallest absolute Gasteiger partial charge is 0.261 e. The molecule has 1 aliphatic heterocycles. The van der Waals surface area contributed by atoms with Crippen LogP contribution in [0.5, 0.6) is 11.5 Å². The molecule has 4 aromatic rings. The van der Waals surface area contributed by atoms with Crippen molar-refractivity contribution >= 4 is 22.5 Å². The van der Waals surface area contributed by atoms with Gasteiger partial charge in [-0.05, 0) is 49.2 Å². The Morgan fingerprint density at radius 3 is 2.60 bits per heavy atom. The van der Waals surface area contributed by atoms with Crippen molar-refractivity contribution in [2.75, 3.05) is 5.32 Å². The lowest BCUT2D eigenvalue weighted by Gasteiger charge is -2.14. The number of rotatable bonds is 4. The summed E-state index contributed by atoms with van der Waals surface area (Å²) in [6, 6.07) is 22.5. The highest BCUT2D eigenvalue weighted by Crippen LogP contribution is 2.32. The van der Waals surface area contributed by atoms with E-state index in [0.717, 1.165) is 17.5 Å². The lowest BCUT2D eigenvalue weighted by Crippen LogP contribution is -2.24. The first kappa shape index (κ1) is 18.2. The zero-order valence-corrected chi connectivity index (χ0v) is 16.5. The first-order chi connectivity index (χ1) is 14.6. The van der Waals surface area contributed by atoms with Crippen LogP contribution in [0.1, 0.15) is 28.9 Å². The highest BCUT2D eigenvalue weighted by molar-refractivity contribution is 6.06. The molecule has 5 nitrogen and oxygen atoms in total. The summed E-state index contributed by atoms with van der Waals surface area (Å²) in [4.78, 5) is 26.2. The molecule has 148 valence electrons. The van der Waals surface area contributed by atoms with Crippen molar-refractivity contribution in [3.05, 3.63) is 100 Å². The number of aromatic nitrogens is 1. The summed E-state index contributed by atoms with van der Waals surface area (Å²) in [5.41, 5.74) is 2.46. The Bertz CT molecular complexity index is 1330. The monoisotopic (exact) mass is 396 g/mol. The predicted octanol–water partition coefficient (Wildman–Crippen LogP) is 5.16. The van der Waals surface area contributed by atoms with Crippen molar-refractivity contribution < 1.29 is 9.53 Å². The van der Waals surface area contributed by atoms with Crippen molar-refractivity contribution in [2.24, 2.45) is 0 Å².